The highest BCUT2D eigenvalue weighted by molar-refractivity contribution is 5.79. The topological polar surface area (TPSA) is 161 Å². The number of benzene rings is 2. The number of hydrogen-bond donors (Lipinski definition) is 3. The first-order valence-corrected chi connectivity index (χ1v) is 13.8. The maximum Gasteiger partial charge on any atom is 0.310 e. The average molecular weight is 589 g/mol. The summed E-state index contributed by atoms with van der Waals surface area (Å²) in [5.74, 6) is -1.02. The molecule has 13 nitrogen and oxygen atoms in total. The molecular formula is C29H32O13. The summed E-state index contributed by atoms with van der Waals surface area (Å²) in [5, 5.41) is 32.5. The van der Waals surface area contributed by atoms with E-state index >= 15 is 0 Å². The number of aliphatic hydroxyl groups is 2. The number of methoxy groups -OCH3 is 2. The van der Waals surface area contributed by atoms with E-state index in [0.29, 0.717) is 28.2 Å². The lowest BCUT2D eigenvalue weighted by Gasteiger charge is -2.47. The van der Waals surface area contributed by atoms with Crippen LogP contribution in [0.5, 0.6) is 28.7 Å². The molecular weight excluding hydrogens is 556 g/mol. The van der Waals surface area contributed by atoms with Crippen LogP contribution in [0.1, 0.15) is 35.6 Å². The molecule has 226 valence electrons. The third-order valence-electron chi connectivity index (χ3n) is 8.75. The minimum Gasteiger partial charge on any atom is -0.502 e. The largest absolute Gasteiger partial charge is 0.502 e. The van der Waals surface area contributed by atoms with Gasteiger partial charge in [-0.1, -0.05) is 0 Å². The van der Waals surface area contributed by atoms with Gasteiger partial charge in [0.25, 0.3) is 0 Å². The summed E-state index contributed by atoms with van der Waals surface area (Å²) in [6.45, 7) is 1.93. The highest BCUT2D eigenvalue weighted by Crippen LogP contribution is 2.57. The van der Waals surface area contributed by atoms with Crippen molar-refractivity contribution in [2.24, 2.45) is 11.8 Å². The van der Waals surface area contributed by atoms with Crippen LogP contribution in [0.25, 0.3) is 0 Å². The first-order chi connectivity index (χ1) is 20.3. The van der Waals surface area contributed by atoms with Crippen molar-refractivity contribution < 1.29 is 62.7 Å². The van der Waals surface area contributed by atoms with Crippen molar-refractivity contribution in [3.8, 4) is 28.7 Å². The van der Waals surface area contributed by atoms with E-state index in [1.807, 2.05) is 0 Å². The maximum atomic E-state index is 13.4. The van der Waals surface area contributed by atoms with E-state index in [2.05, 4.69) is 0 Å². The summed E-state index contributed by atoms with van der Waals surface area (Å²) in [6.07, 6.45) is -6.80. The minimum absolute atomic E-state index is 0.0301. The van der Waals surface area contributed by atoms with Crippen LogP contribution in [-0.2, 0) is 28.5 Å². The number of carbonyl (C=O) groups excluding carboxylic acids is 1. The molecule has 0 aromatic heterocycles. The van der Waals surface area contributed by atoms with Crippen molar-refractivity contribution >= 4 is 5.97 Å². The lowest BCUT2D eigenvalue weighted by Crippen LogP contribution is -2.63. The maximum absolute atomic E-state index is 13.4. The van der Waals surface area contributed by atoms with Gasteiger partial charge in [-0.15, -0.1) is 0 Å². The third-order valence-corrected chi connectivity index (χ3v) is 8.75. The van der Waals surface area contributed by atoms with E-state index in [-0.39, 0.29) is 37.3 Å². The monoisotopic (exact) mass is 588 g/mol. The highest BCUT2D eigenvalue weighted by atomic mass is 16.8. The predicted octanol–water partition coefficient (Wildman–Crippen LogP) is 1.34. The molecule has 0 spiro atoms. The predicted molar refractivity (Wildman–Crippen MR) is 138 cm³/mol. The molecule has 3 saturated heterocycles. The van der Waals surface area contributed by atoms with Gasteiger partial charge in [0.15, 0.2) is 35.6 Å². The molecule has 7 rings (SSSR count). The number of rotatable bonds is 5. The number of aromatic hydroxyl groups is 1. The molecule has 42 heavy (non-hydrogen) atoms. The smallest absolute Gasteiger partial charge is 0.310 e. The van der Waals surface area contributed by atoms with Crippen LogP contribution >= 0.6 is 0 Å². The van der Waals surface area contributed by atoms with E-state index < -0.39 is 66.8 Å². The molecule has 4 aliphatic heterocycles. The van der Waals surface area contributed by atoms with Gasteiger partial charge in [-0.2, -0.15) is 0 Å². The van der Waals surface area contributed by atoms with Crippen molar-refractivity contribution in [1.29, 1.82) is 0 Å². The first-order valence-electron chi connectivity index (χ1n) is 13.8. The molecule has 3 fully saturated rings. The number of ether oxygens (including phenoxy) is 9. The molecule has 0 amide bonds. The zero-order valence-electron chi connectivity index (χ0n) is 23.1. The summed E-state index contributed by atoms with van der Waals surface area (Å²) < 4.78 is 51.5. The number of phenols is 1. The highest BCUT2D eigenvalue weighted by Gasteiger charge is 2.56. The van der Waals surface area contributed by atoms with Crippen molar-refractivity contribution in [2.75, 3.05) is 34.2 Å². The number of hydrogen-bond acceptors (Lipinski definition) is 13. The second kappa shape index (κ2) is 10.4. The molecule has 0 radical (unpaired) electrons. The van der Waals surface area contributed by atoms with Gasteiger partial charge in [-0.25, -0.2) is 0 Å². The summed E-state index contributed by atoms with van der Waals surface area (Å²) in [7, 11) is 2.86. The minimum atomic E-state index is -1.44. The lowest BCUT2D eigenvalue weighted by molar-refractivity contribution is -0.364. The second-order valence-corrected chi connectivity index (χ2v) is 11.0. The Morgan fingerprint density at radius 1 is 0.881 bits per heavy atom. The van der Waals surface area contributed by atoms with Gasteiger partial charge in [0.1, 0.15) is 24.4 Å². The lowest BCUT2D eigenvalue weighted by atomic mass is 9.66. The van der Waals surface area contributed by atoms with Crippen molar-refractivity contribution in [2.45, 2.75) is 55.9 Å². The molecule has 10 atom stereocenters. The SMILES string of the molecule is COc1cc([C@H]2c3cc4c(cc3[C@@H](O[C@@H]3O[C@@H]5CO[C@H](C)O[C@H]5[C@H](O)[C@@H]3O)[C@H]3COC(=O)[C@H]23)OCO4)cc(OC)c1O. The Balaban J connectivity index is 1.32. The van der Waals surface area contributed by atoms with Gasteiger partial charge in [0.2, 0.25) is 12.5 Å². The molecule has 4 heterocycles. The Hall–Kier alpha value is -3.33. The van der Waals surface area contributed by atoms with Crippen LogP contribution < -0.4 is 18.9 Å². The van der Waals surface area contributed by atoms with Crippen LogP contribution in [0, 0.1) is 11.8 Å². The van der Waals surface area contributed by atoms with E-state index in [1.54, 1.807) is 31.2 Å². The first kappa shape index (κ1) is 27.5. The Bertz CT molecular complexity index is 1350. The quantitative estimate of drug-likeness (QED) is 0.430. The summed E-state index contributed by atoms with van der Waals surface area (Å²) in [4.78, 5) is 13.4. The van der Waals surface area contributed by atoms with Crippen LogP contribution in [0.2, 0.25) is 0 Å². The van der Waals surface area contributed by atoms with Gasteiger partial charge in [0, 0.05) is 11.8 Å². The second-order valence-electron chi connectivity index (χ2n) is 11.0. The summed E-state index contributed by atoms with van der Waals surface area (Å²) in [5.41, 5.74) is 2.01. The standard InChI is InChI=1S/C29H32O13/c1-11-36-9-20-27(40-11)24(31)25(32)29(41-20)42-26-14-7-17-16(38-10-39-17)6-13(14)21(22-15(26)8-37-28(22)33)12-4-18(34-2)23(30)19(5-12)35-3/h4-7,11,15,20-22,24-27,29-32H,8-10H2,1-3H3/t11-,15-,20+,21-,22-,24+,25-,26+,27+,29-/m0/s1. The van der Waals surface area contributed by atoms with Gasteiger partial charge < -0.3 is 58.0 Å². The number of cyclic esters (lactones) is 1. The van der Waals surface area contributed by atoms with Gasteiger partial charge in [-0.3, -0.25) is 4.79 Å². The molecule has 0 bridgehead atoms. The van der Waals surface area contributed by atoms with Crippen LogP contribution in [0.3, 0.4) is 0 Å². The van der Waals surface area contributed by atoms with Crippen LogP contribution in [-0.4, -0.2) is 92.5 Å². The molecule has 0 unspecified atom stereocenters. The fourth-order valence-corrected chi connectivity index (χ4v) is 6.74. The number of aliphatic hydroxyl groups excluding tert-OH is 2. The molecule has 3 N–H and O–H groups in total. The fraction of sp³-hybridized carbons (Fsp3) is 0.552. The van der Waals surface area contributed by atoms with Crippen molar-refractivity contribution in [3.63, 3.8) is 0 Å². The fourth-order valence-electron chi connectivity index (χ4n) is 6.74. The average Bonchev–Trinajstić information content (AvgIpc) is 3.61. The normalized spacial score (nSPS) is 36.5. The van der Waals surface area contributed by atoms with Crippen molar-refractivity contribution in [3.05, 3.63) is 41.0 Å². The summed E-state index contributed by atoms with van der Waals surface area (Å²) in [6, 6.07) is 6.93. The molecule has 0 saturated carbocycles. The van der Waals surface area contributed by atoms with Gasteiger partial charge in [-0.05, 0) is 47.9 Å². The number of carbonyl (C=O) groups is 1. The molecule has 1 aliphatic carbocycles. The van der Waals surface area contributed by atoms with Gasteiger partial charge in [0.05, 0.1) is 39.5 Å². The number of phenolic OH excluding ortho intramolecular Hbond substituents is 1. The Labute approximate surface area is 240 Å². The van der Waals surface area contributed by atoms with E-state index in [9.17, 15) is 20.1 Å². The molecule has 13 heteroatoms. The Morgan fingerprint density at radius 3 is 2.26 bits per heavy atom. The Kier molecular flexibility index (Phi) is 6.83. The number of fused-ring (bicyclic) bond motifs is 4. The zero-order valence-corrected chi connectivity index (χ0v) is 23.1. The van der Waals surface area contributed by atoms with Crippen LogP contribution in [0.15, 0.2) is 24.3 Å². The zero-order chi connectivity index (χ0) is 29.3. The van der Waals surface area contributed by atoms with E-state index in [4.69, 9.17) is 42.6 Å². The van der Waals surface area contributed by atoms with Crippen molar-refractivity contribution in [1.82, 2.24) is 0 Å². The summed E-state index contributed by atoms with van der Waals surface area (Å²) >= 11 is 0. The van der Waals surface area contributed by atoms with Crippen LogP contribution in [0.4, 0.5) is 0 Å². The number of esters is 1. The molecule has 5 aliphatic rings. The third kappa shape index (κ3) is 4.26. The molecule has 2 aromatic carbocycles. The Morgan fingerprint density at radius 2 is 1.57 bits per heavy atom. The molecule has 2 aromatic rings. The van der Waals surface area contributed by atoms with Gasteiger partial charge >= 0.3 is 5.97 Å². The van der Waals surface area contributed by atoms with E-state index in [0.717, 1.165) is 0 Å². The van der Waals surface area contributed by atoms with E-state index in [1.165, 1.54) is 14.2 Å².